The molecule has 1 aromatic carbocycles. The molecule has 0 radical (unpaired) electrons. The number of benzene rings is 1. The molecule has 3 aliphatic rings. The van der Waals surface area contributed by atoms with E-state index in [1.807, 2.05) is 0 Å². The molecule has 0 aromatic heterocycles. The second-order valence-corrected chi connectivity index (χ2v) is 5.96. The maximum Gasteiger partial charge on any atom is 0.309 e. The average molecular weight is 330 g/mol. The molecule has 2 aliphatic heterocycles. The van der Waals surface area contributed by atoms with E-state index in [1.165, 1.54) is 19.2 Å². The number of esters is 1. The molecule has 1 aromatic rings. The van der Waals surface area contributed by atoms with Crippen molar-refractivity contribution in [3.8, 4) is 11.5 Å². The third kappa shape index (κ3) is 1.78. The lowest BCUT2D eigenvalue weighted by molar-refractivity contribution is -0.140. The van der Waals surface area contributed by atoms with Gasteiger partial charge in [-0.1, -0.05) is 0 Å². The Balaban J connectivity index is 1.93. The molecule has 1 fully saturated rings. The molecule has 0 bridgehead atoms. The third-order valence-electron chi connectivity index (χ3n) is 4.65. The van der Waals surface area contributed by atoms with Crippen LogP contribution in [0.15, 0.2) is 23.3 Å². The zero-order valence-electron chi connectivity index (χ0n) is 13.0. The van der Waals surface area contributed by atoms with Crippen molar-refractivity contribution < 1.29 is 33.7 Å². The fourth-order valence-electron chi connectivity index (χ4n) is 3.60. The molecule has 0 saturated carbocycles. The van der Waals surface area contributed by atoms with E-state index in [0.717, 1.165) is 0 Å². The van der Waals surface area contributed by atoms with Gasteiger partial charge in [-0.15, -0.1) is 0 Å². The summed E-state index contributed by atoms with van der Waals surface area (Å²) in [6.07, 6.45) is -2.08. The highest BCUT2D eigenvalue weighted by molar-refractivity contribution is 6.29. The van der Waals surface area contributed by atoms with Crippen LogP contribution in [0.25, 0.3) is 0 Å². The Bertz CT molecular complexity index is 836. The van der Waals surface area contributed by atoms with Crippen LogP contribution in [-0.2, 0) is 14.3 Å². The van der Waals surface area contributed by atoms with Crippen LogP contribution in [0.5, 0.6) is 11.5 Å². The number of ketones is 2. The molecule has 0 spiro atoms. The molecule has 1 N–H and O–H groups in total. The number of phenols is 1. The summed E-state index contributed by atoms with van der Waals surface area (Å²) in [7, 11) is 1.36. The molecule has 7 nitrogen and oxygen atoms in total. The Hall–Kier alpha value is -2.67. The van der Waals surface area contributed by atoms with E-state index in [2.05, 4.69) is 0 Å². The lowest BCUT2D eigenvalue weighted by Gasteiger charge is -2.35. The van der Waals surface area contributed by atoms with Gasteiger partial charge in [0.2, 0.25) is 0 Å². The minimum absolute atomic E-state index is 0.0496. The van der Waals surface area contributed by atoms with Crippen LogP contribution in [0.1, 0.15) is 34.1 Å². The summed E-state index contributed by atoms with van der Waals surface area (Å²) in [6.45, 7) is 1.64. The smallest absolute Gasteiger partial charge is 0.309 e. The van der Waals surface area contributed by atoms with E-state index < -0.39 is 35.8 Å². The summed E-state index contributed by atoms with van der Waals surface area (Å²) < 4.78 is 15.9. The zero-order valence-corrected chi connectivity index (χ0v) is 13.0. The third-order valence-corrected chi connectivity index (χ3v) is 4.65. The summed E-state index contributed by atoms with van der Waals surface area (Å²) in [5.74, 6) is -1.68. The molecule has 0 unspecified atom stereocenters. The number of hydrogen-bond donors (Lipinski definition) is 1. The number of rotatable bonds is 1. The van der Waals surface area contributed by atoms with E-state index in [1.54, 1.807) is 6.92 Å². The van der Waals surface area contributed by atoms with Gasteiger partial charge in [-0.3, -0.25) is 14.4 Å². The van der Waals surface area contributed by atoms with Crippen molar-refractivity contribution in [2.75, 3.05) is 7.11 Å². The van der Waals surface area contributed by atoms with E-state index in [-0.39, 0.29) is 40.2 Å². The lowest BCUT2D eigenvalue weighted by Crippen LogP contribution is -2.44. The highest BCUT2D eigenvalue weighted by atomic mass is 16.6. The Kier molecular flexibility index (Phi) is 3.05. The number of phenolic OH excluding ortho intramolecular Hbond substituents is 1. The van der Waals surface area contributed by atoms with Crippen molar-refractivity contribution in [3.05, 3.63) is 34.4 Å². The molecule has 7 heteroatoms. The standard InChI is InChI=1S/C17H14O7/c1-6-11-13(17-9(23-6)5-10(18)24-17)14(19)7-3-4-8(22-2)15(20)12(7)16(11)21/h3-4,6,9,17,20H,5H2,1-2H3/t6-,9+,17-/m0/s1. The van der Waals surface area contributed by atoms with Crippen molar-refractivity contribution in [2.45, 2.75) is 31.7 Å². The van der Waals surface area contributed by atoms with Crippen LogP contribution in [0.4, 0.5) is 0 Å². The average Bonchev–Trinajstić information content (AvgIpc) is 2.91. The molecular weight excluding hydrogens is 316 g/mol. The first-order chi connectivity index (χ1) is 11.4. The van der Waals surface area contributed by atoms with Crippen molar-refractivity contribution in [2.24, 2.45) is 0 Å². The number of carbonyl (C=O) groups excluding carboxylic acids is 3. The first-order valence-electron chi connectivity index (χ1n) is 7.52. The number of ether oxygens (including phenoxy) is 3. The first kappa shape index (κ1) is 14.9. The van der Waals surface area contributed by atoms with Crippen LogP contribution in [0.3, 0.4) is 0 Å². The van der Waals surface area contributed by atoms with Gasteiger partial charge in [0, 0.05) is 11.1 Å². The molecule has 2 heterocycles. The summed E-state index contributed by atoms with van der Waals surface area (Å²) in [6, 6.07) is 2.86. The molecular formula is C17H14O7. The Morgan fingerprint density at radius 2 is 1.92 bits per heavy atom. The summed E-state index contributed by atoms with van der Waals surface area (Å²) in [5.41, 5.74) is 0.267. The fourth-order valence-corrected chi connectivity index (χ4v) is 3.60. The summed E-state index contributed by atoms with van der Waals surface area (Å²) in [5, 5.41) is 10.3. The molecule has 4 rings (SSSR count). The molecule has 3 atom stereocenters. The topological polar surface area (TPSA) is 99.1 Å². The summed E-state index contributed by atoms with van der Waals surface area (Å²) >= 11 is 0. The van der Waals surface area contributed by atoms with Gasteiger partial charge in [0.25, 0.3) is 0 Å². The van der Waals surface area contributed by atoms with Crippen LogP contribution in [0.2, 0.25) is 0 Å². The van der Waals surface area contributed by atoms with Gasteiger partial charge in [0.05, 0.1) is 30.8 Å². The maximum atomic E-state index is 12.9. The van der Waals surface area contributed by atoms with Crippen LogP contribution < -0.4 is 4.74 Å². The van der Waals surface area contributed by atoms with Gasteiger partial charge in [-0.2, -0.15) is 0 Å². The predicted molar refractivity (Wildman–Crippen MR) is 79.2 cm³/mol. The Labute approximate surface area is 136 Å². The number of methoxy groups -OCH3 is 1. The van der Waals surface area contributed by atoms with Crippen molar-refractivity contribution in [1.29, 1.82) is 0 Å². The van der Waals surface area contributed by atoms with Crippen molar-refractivity contribution in [1.82, 2.24) is 0 Å². The minimum Gasteiger partial charge on any atom is -0.504 e. The quantitative estimate of drug-likeness (QED) is 0.772. The van der Waals surface area contributed by atoms with Crippen molar-refractivity contribution in [3.63, 3.8) is 0 Å². The second-order valence-electron chi connectivity index (χ2n) is 5.96. The van der Waals surface area contributed by atoms with Crippen LogP contribution >= 0.6 is 0 Å². The van der Waals surface area contributed by atoms with E-state index >= 15 is 0 Å². The lowest BCUT2D eigenvalue weighted by atomic mass is 9.77. The zero-order chi connectivity index (χ0) is 17.2. The van der Waals surface area contributed by atoms with Gasteiger partial charge in [0.1, 0.15) is 6.10 Å². The molecule has 124 valence electrons. The van der Waals surface area contributed by atoms with Crippen LogP contribution in [0, 0.1) is 0 Å². The maximum absolute atomic E-state index is 12.9. The number of Topliss-reactive ketones (excluding diaryl/α,β-unsaturated/α-hetero) is 2. The fraction of sp³-hybridized carbons (Fsp3) is 0.353. The minimum atomic E-state index is -0.877. The van der Waals surface area contributed by atoms with Gasteiger partial charge < -0.3 is 19.3 Å². The molecule has 1 saturated heterocycles. The highest BCUT2D eigenvalue weighted by Gasteiger charge is 2.51. The van der Waals surface area contributed by atoms with Crippen molar-refractivity contribution >= 4 is 17.5 Å². The first-order valence-corrected chi connectivity index (χ1v) is 7.52. The van der Waals surface area contributed by atoms with E-state index in [9.17, 15) is 19.5 Å². The molecule has 0 amide bonds. The van der Waals surface area contributed by atoms with Crippen LogP contribution in [-0.4, -0.2) is 48.1 Å². The molecule has 24 heavy (non-hydrogen) atoms. The van der Waals surface area contributed by atoms with Gasteiger partial charge in [-0.25, -0.2) is 0 Å². The van der Waals surface area contributed by atoms with Gasteiger partial charge in [0.15, 0.2) is 29.2 Å². The van der Waals surface area contributed by atoms with E-state index in [4.69, 9.17) is 14.2 Å². The van der Waals surface area contributed by atoms with E-state index in [0.29, 0.717) is 0 Å². The highest BCUT2D eigenvalue weighted by Crippen LogP contribution is 2.44. The SMILES string of the molecule is COc1ccc2c(c1O)C(=O)C1=C(C2=O)[C@H]2OC(=O)C[C@H]2O[C@H]1C. The molecule has 1 aliphatic carbocycles. The second kappa shape index (κ2) is 4.91. The predicted octanol–water partition coefficient (Wildman–Crippen LogP) is 1.18. The normalized spacial score (nSPS) is 28.2. The Morgan fingerprint density at radius 3 is 2.62 bits per heavy atom. The Morgan fingerprint density at radius 1 is 1.17 bits per heavy atom. The van der Waals surface area contributed by atoms with Gasteiger partial charge in [-0.05, 0) is 19.1 Å². The van der Waals surface area contributed by atoms with Gasteiger partial charge >= 0.3 is 5.97 Å². The number of carbonyl (C=O) groups is 3. The number of hydrogen-bond acceptors (Lipinski definition) is 7. The number of fused-ring (bicyclic) bond motifs is 3. The monoisotopic (exact) mass is 330 g/mol. The summed E-state index contributed by atoms with van der Waals surface area (Å²) in [4.78, 5) is 37.4. The number of aromatic hydroxyl groups is 1. The largest absolute Gasteiger partial charge is 0.504 e.